The number of nitrogens with one attached hydrogen (secondary N) is 1. The molecule has 0 aromatic rings. The van der Waals surface area contributed by atoms with Gasteiger partial charge in [-0.3, -0.25) is 4.79 Å². The fourth-order valence-electron chi connectivity index (χ4n) is 1.42. The van der Waals surface area contributed by atoms with Crippen molar-refractivity contribution < 1.29 is 4.79 Å². The molecule has 0 saturated heterocycles. The number of halogens is 1. The molecule has 5 nitrogen and oxygen atoms in total. The van der Waals surface area contributed by atoms with Crippen LogP contribution in [0.15, 0.2) is 5.11 Å². The molecular weight excluding hydrogens is 284 g/mol. The fraction of sp³-hybridized carbons (Fsp3) is 0.909. The molecule has 0 saturated carbocycles. The van der Waals surface area contributed by atoms with E-state index >= 15 is 0 Å². The zero-order valence-corrected chi connectivity index (χ0v) is 12.4. The van der Waals surface area contributed by atoms with E-state index in [-0.39, 0.29) is 16.8 Å². The summed E-state index contributed by atoms with van der Waals surface area (Å²) >= 11 is 3.54. The van der Waals surface area contributed by atoms with E-state index in [9.17, 15) is 4.79 Å². The Labute approximate surface area is 111 Å². The summed E-state index contributed by atoms with van der Waals surface area (Å²) in [5.74, 6) is 0.191. The molecule has 2 unspecified atom stereocenters. The lowest BCUT2D eigenvalue weighted by molar-refractivity contribution is -0.128. The molecule has 17 heavy (non-hydrogen) atoms. The highest BCUT2D eigenvalue weighted by atomic mass is 79.9. The fourth-order valence-corrected chi connectivity index (χ4v) is 1.85. The first-order valence-electron chi connectivity index (χ1n) is 5.89. The number of carbonyl (C=O) groups excluding carboxylic acids is 1. The number of amides is 1. The van der Waals surface area contributed by atoms with Crippen molar-refractivity contribution in [1.29, 1.82) is 5.53 Å². The van der Waals surface area contributed by atoms with E-state index in [1.165, 1.54) is 0 Å². The van der Waals surface area contributed by atoms with Crippen molar-refractivity contribution in [1.82, 2.24) is 9.81 Å². The van der Waals surface area contributed by atoms with Crippen molar-refractivity contribution in [2.24, 2.45) is 5.11 Å². The molecule has 2 atom stereocenters. The largest absolute Gasteiger partial charge is 0.349 e. The maximum Gasteiger partial charge on any atom is 0.222 e. The zero-order chi connectivity index (χ0) is 13.3. The number of unbranched alkanes of at least 4 members (excludes halogenated alkanes) is 2. The highest BCUT2D eigenvalue weighted by Crippen LogP contribution is 2.17. The molecular formula is C11H22BrN4O+. The van der Waals surface area contributed by atoms with Crippen LogP contribution < -0.4 is 4.91 Å². The van der Waals surface area contributed by atoms with E-state index in [4.69, 9.17) is 5.53 Å². The van der Waals surface area contributed by atoms with Crippen molar-refractivity contribution >= 4 is 21.8 Å². The molecule has 0 heterocycles. The van der Waals surface area contributed by atoms with Gasteiger partial charge in [0.05, 0.1) is 0 Å². The van der Waals surface area contributed by atoms with Crippen LogP contribution in [-0.2, 0) is 4.79 Å². The molecule has 1 amide bonds. The summed E-state index contributed by atoms with van der Waals surface area (Å²) in [6.07, 6.45) is 4.67. The third-order valence-corrected chi connectivity index (χ3v) is 3.86. The van der Waals surface area contributed by atoms with Gasteiger partial charge < -0.3 is 4.90 Å². The second-order valence-electron chi connectivity index (χ2n) is 4.36. The second kappa shape index (κ2) is 9.31. The molecule has 0 bridgehead atoms. The minimum Gasteiger partial charge on any atom is -0.349 e. The average molecular weight is 306 g/mol. The Morgan fingerprint density at radius 3 is 2.59 bits per heavy atom. The number of carbonyl (C=O) groups is 1. The molecule has 0 fully saturated rings. The molecule has 0 aromatic heterocycles. The van der Waals surface area contributed by atoms with E-state index in [2.05, 4.69) is 26.0 Å². The molecule has 98 valence electrons. The van der Waals surface area contributed by atoms with Crippen molar-refractivity contribution in [2.45, 2.75) is 49.9 Å². The second-order valence-corrected chi connectivity index (χ2v) is 5.54. The zero-order valence-electron chi connectivity index (χ0n) is 10.8. The minimum atomic E-state index is 0.0379. The molecule has 0 radical (unpaired) electrons. The Bertz CT molecular complexity index is 277. The van der Waals surface area contributed by atoms with Crippen LogP contribution in [0.2, 0.25) is 0 Å². The summed E-state index contributed by atoms with van der Waals surface area (Å²) in [6, 6.07) is 0.0379. The Morgan fingerprint density at radius 1 is 1.41 bits per heavy atom. The average Bonchev–Trinajstić information content (AvgIpc) is 2.28. The first-order valence-corrected chi connectivity index (χ1v) is 6.81. The Balaban J connectivity index is 3.58. The molecule has 0 rings (SSSR count). The molecule has 0 aromatic carbocycles. The minimum absolute atomic E-state index is 0.0379. The van der Waals surface area contributed by atoms with Gasteiger partial charge in [0.25, 0.3) is 0 Å². The monoisotopic (exact) mass is 305 g/mol. The van der Waals surface area contributed by atoms with Gasteiger partial charge in [0.1, 0.15) is 16.7 Å². The van der Waals surface area contributed by atoms with E-state index in [1.54, 1.807) is 19.0 Å². The quantitative estimate of drug-likeness (QED) is 0.318. The Hall–Kier alpha value is -0.740. The van der Waals surface area contributed by atoms with Gasteiger partial charge in [0.15, 0.2) is 0 Å². The van der Waals surface area contributed by atoms with Crippen LogP contribution in [-0.4, -0.2) is 35.8 Å². The Kier molecular flexibility index (Phi) is 8.90. The smallest absolute Gasteiger partial charge is 0.222 e. The van der Waals surface area contributed by atoms with Gasteiger partial charge in [-0.15, -0.1) is 0 Å². The van der Waals surface area contributed by atoms with Crippen molar-refractivity contribution in [2.75, 3.05) is 14.1 Å². The lowest BCUT2D eigenvalue weighted by Gasteiger charge is -2.11. The maximum atomic E-state index is 11.3. The third kappa shape index (κ3) is 8.05. The number of hydrogen-bond donors (Lipinski definition) is 1. The van der Waals surface area contributed by atoms with E-state index in [0.717, 1.165) is 25.7 Å². The summed E-state index contributed by atoms with van der Waals surface area (Å²) in [6.45, 7) is 1.94. The summed E-state index contributed by atoms with van der Waals surface area (Å²) in [7, 11) is 3.56. The maximum absolute atomic E-state index is 11.3. The molecule has 1 N–H and O–H groups in total. The standard InChI is InChI=1S/C11H22BrN4O/c1-9(14-15-13)10(12)7-5-4-6-8-11(17)16(2)3/h9-10,13H,4-8H2,1-3H3/q+1. The van der Waals surface area contributed by atoms with Gasteiger partial charge in [-0.1, -0.05) is 28.8 Å². The predicted molar refractivity (Wildman–Crippen MR) is 71.2 cm³/mol. The normalized spacial score (nSPS) is 13.6. The molecule has 0 aliphatic heterocycles. The van der Waals surface area contributed by atoms with Crippen molar-refractivity contribution in [3.05, 3.63) is 0 Å². The lowest BCUT2D eigenvalue weighted by Crippen LogP contribution is -2.21. The van der Waals surface area contributed by atoms with E-state index < -0.39 is 0 Å². The molecule has 0 aliphatic rings. The van der Waals surface area contributed by atoms with Crippen LogP contribution in [0.25, 0.3) is 0 Å². The Morgan fingerprint density at radius 2 is 2.06 bits per heavy atom. The van der Waals surface area contributed by atoms with Gasteiger partial charge in [-0.05, 0) is 19.8 Å². The van der Waals surface area contributed by atoms with Gasteiger partial charge in [0.2, 0.25) is 10.8 Å². The topological polar surface area (TPSA) is 70.6 Å². The van der Waals surface area contributed by atoms with Gasteiger partial charge in [-0.25, -0.2) is 0 Å². The highest BCUT2D eigenvalue weighted by molar-refractivity contribution is 9.09. The molecule has 0 aliphatic carbocycles. The number of alkyl halides is 1. The highest BCUT2D eigenvalue weighted by Gasteiger charge is 2.16. The number of hydrogen-bond acceptors (Lipinski definition) is 3. The predicted octanol–water partition coefficient (Wildman–Crippen LogP) is 2.73. The third-order valence-electron chi connectivity index (χ3n) is 2.63. The number of nitrogens with zero attached hydrogens (tertiary/aromatic N) is 3. The van der Waals surface area contributed by atoms with Gasteiger partial charge in [0, 0.05) is 25.3 Å². The van der Waals surface area contributed by atoms with Gasteiger partial charge in [-0.2, -0.15) is 0 Å². The molecule has 0 spiro atoms. The summed E-state index contributed by atoms with van der Waals surface area (Å²) in [5, 5.41) is 3.76. The van der Waals surface area contributed by atoms with Crippen molar-refractivity contribution in [3.8, 4) is 0 Å². The molecule has 6 heteroatoms. The first kappa shape index (κ1) is 16.3. The van der Waals surface area contributed by atoms with E-state index in [1.807, 2.05) is 6.92 Å². The summed E-state index contributed by atoms with van der Waals surface area (Å²) in [4.78, 5) is 16.2. The van der Waals surface area contributed by atoms with Crippen LogP contribution in [0.5, 0.6) is 0 Å². The summed E-state index contributed by atoms with van der Waals surface area (Å²) < 4.78 is 0. The van der Waals surface area contributed by atoms with Crippen LogP contribution >= 0.6 is 15.9 Å². The van der Waals surface area contributed by atoms with Crippen LogP contribution in [0, 0.1) is 5.53 Å². The first-order chi connectivity index (χ1) is 7.99. The lowest BCUT2D eigenvalue weighted by atomic mass is 10.1. The summed E-state index contributed by atoms with van der Waals surface area (Å²) in [5.41, 5.74) is 6.65. The number of rotatable bonds is 8. The van der Waals surface area contributed by atoms with Crippen molar-refractivity contribution in [3.63, 3.8) is 0 Å². The SMILES string of the molecule is CC(N=[N+]=N)C(Br)CCCCCC(=O)N(C)C. The van der Waals surface area contributed by atoms with Crippen LogP contribution in [0.3, 0.4) is 0 Å². The van der Waals surface area contributed by atoms with Gasteiger partial charge >= 0.3 is 0 Å². The van der Waals surface area contributed by atoms with Crippen LogP contribution in [0.1, 0.15) is 39.0 Å². The van der Waals surface area contributed by atoms with E-state index in [0.29, 0.717) is 6.42 Å². The van der Waals surface area contributed by atoms with Crippen LogP contribution in [0.4, 0.5) is 0 Å².